The molecule has 0 radical (unpaired) electrons. The van der Waals surface area contributed by atoms with E-state index in [9.17, 15) is 0 Å². The van der Waals surface area contributed by atoms with Gasteiger partial charge in [0.25, 0.3) is 0 Å². The number of methoxy groups -OCH3 is 2. The first-order valence-electron chi connectivity index (χ1n) is 8.33. The molecule has 23 heavy (non-hydrogen) atoms. The number of ether oxygens (including phenoxy) is 2. The zero-order valence-corrected chi connectivity index (χ0v) is 15.1. The lowest BCUT2D eigenvalue weighted by Gasteiger charge is -2.12. The highest BCUT2D eigenvalue weighted by atomic mass is 16.5. The molecule has 5 nitrogen and oxygen atoms in total. The molecule has 0 saturated heterocycles. The summed E-state index contributed by atoms with van der Waals surface area (Å²) in [6, 6.07) is 6.08. The Bertz CT molecular complexity index is 487. The second-order valence-corrected chi connectivity index (χ2v) is 5.83. The summed E-state index contributed by atoms with van der Waals surface area (Å²) in [6.45, 7) is 9.02. The van der Waals surface area contributed by atoms with Gasteiger partial charge >= 0.3 is 0 Å². The molecule has 0 heterocycles. The minimum atomic E-state index is 0.567. The van der Waals surface area contributed by atoms with E-state index < -0.39 is 0 Å². The molecule has 0 aliphatic rings. The topological polar surface area (TPSA) is 54.9 Å². The van der Waals surface area contributed by atoms with Gasteiger partial charge in [-0.05, 0) is 43.4 Å². The van der Waals surface area contributed by atoms with Crippen molar-refractivity contribution < 1.29 is 9.47 Å². The normalized spacial score (nSPS) is 11.5. The van der Waals surface area contributed by atoms with Crippen molar-refractivity contribution in [3.8, 4) is 11.5 Å². The van der Waals surface area contributed by atoms with Gasteiger partial charge in [-0.15, -0.1) is 0 Å². The van der Waals surface area contributed by atoms with Crippen LogP contribution in [-0.4, -0.2) is 39.8 Å². The van der Waals surface area contributed by atoms with Gasteiger partial charge in [-0.3, -0.25) is 4.99 Å². The smallest absolute Gasteiger partial charge is 0.191 e. The third-order valence-corrected chi connectivity index (χ3v) is 3.34. The van der Waals surface area contributed by atoms with E-state index in [0.717, 1.165) is 49.9 Å². The van der Waals surface area contributed by atoms with Crippen LogP contribution in [0.15, 0.2) is 23.2 Å². The first-order valence-corrected chi connectivity index (χ1v) is 8.33. The monoisotopic (exact) mass is 321 g/mol. The van der Waals surface area contributed by atoms with Crippen molar-refractivity contribution in [3.05, 3.63) is 23.8 Å². The van der Waals surface area contributed by atoms with Crippen LogP contribution in [0.2, 0.25) is 0 Å². The molecule has 2 N–H and O–H groups in total. The van der Waals surface area contributed by atoms with Gasteiger partial charge < -0.3 is 20.1 Å². The minimum absolute atomic E-state index is 0.567. The van der Waals surface area contributed by atoms with Crippen LogP contribution in [0.5, 0.6) is 11.5 Å². The Morgan fingerprint density at radius 1 is 1.13 bits per heavy atom. The fourth-order valence-corrected chi connectivity index (χ4v) is 2.15. The number of benzene rings is 1. The molecule has 0 fully saturated rings. The van der Waals surface area contributed by atoms with Crippen molar-refractivity contribution in [1.29, 1.82) is 0 Å². The number of aliphatic imine (C=N–C) groups is 1. The van der Waals surface area contributed by atoms with Crippen LogP contribution in [-0.2, 0) is 6.42 Å². The van der Waals surface area contributed by atoms with Crippen LogP contribution in [0.25, 0.3) is 0 Å². The summed E-state index contributed by atoms with van der Waals surface area (Å²) in [5.41, 5.74) is 1.24. The van der Waals surface area contributed by atoms with Crippen LogP contribution in [0.3, 0.4) is 0 Å². The summed E-state index contributed by atoms with van der Waals surface area (Å²) in [5, 5.41) is 6.65. The van der Waals surface area contributed by atoms with Crippen molar-refractivity contribution in [3.63, 3.8) is 0 Å². The average Bonchev–Trinajstić information content (AvgIpc) is 2.55. The zero-order valence-electron chi connectivity index (χ0n) is 15.1. The van der Waals surface area contributed by atoms with Gasteiger partial charge in [0.15, 0.2) is 17.5 Å². The summed E-state index contributed by atoms with van der Waals surface area (Å²) in [4.78, 5) is 4.57. The minimum Gasteiger partial charge on any atom is -0.493 e. The molecule has 0 atom stereocenters. The largest absolute Gasteiger partial charge is 0.493 e. The van der Waals surface area contributed by atoms with Crippen LogP contribution in [0.1, 0.15) is 32.8 Å². The molecule has 0 saturated carbocycles. The van der Waals surface area contributed by atoms with E-state index in [1.54, 1.807) is 14.2 Å². The Kier molecular flexibility index (Phi) is 8.95. The molecule has 0 amide bonds. The van der Waals surface area contributed by atoms with E-state index in [2.05, 4.69) is 42.5 Å². The van der Waals surface area contributed by atoms with Gasteiger partial charge in [0.1, 0.15) is 0 Å². The SMILES string of the molecule is CCNC(=NCC(C)C)NCCCc1ccc(OC)c(OC)c1. The number of hydrogen-bond donors (Lipinski definition) is 2. The second-order valence-electron chi connectivity index (χ2n) is 5.83. The van der Waals surface area contributed by atoms with Crippen molar-refractivity contribution >= 4 is 5.96 Å². The van der Waals surface area contributed by atoms with E-state index in [4.69, 9.17) is 9.47 Å². The highest BCUT2D eigenvalue weighted by molar-refractivity contribution is 5.79. The van der Waals surface area contributed by atoms with Gasteiger partial charge in [-0.2, -0.15) is 0 Å². The zero-order chi connectivity index (χ0) is 17.1. The van der Waals surface area contributed by atoms with Crippen LogP contribution in [0, 0.1) is 5.92 Å². The van der Waals surface area contributed by atoms with E-state index in [0.29, 0.717) is 5.92 Å². The molecular formula is C18H31N3O2. The number of aryl methyl sites for hydroxylation is 1. The summed E-state index contributed by atoms with van der Waals surface area (Å²) >= 11 is 0. The van der Waals surface area contributed by atoms with Gasteiger partial charge in [-0.1, -0.05) is 19.9 Å². The Morgan fingerprint density at radius 2 is 1.87 bits per heavy atom. The number of rotatable bonds is 9. The molecule has 0 aliphatic heterocycles. The predicted molar refractivity (Wildman–Crippen MR) is 96.7 cm³/mol. The summed E-state index contributed by atoms with van der Waals surface area (Å²) < 4.78 is 10.6. The molecule has 1 rings (SSSR count). The third-order valence-electron chi connectivity index (χ3n) is 3.34. The fourth-order valence-electron chi connectivity index (χ4n) is 2.15. The Hall–Kier alpha value is -1.91. The Morgan fingerprint density at radius 3 is 2.48 bits per heavy atom. The molecule has 0 bridgehead atoms. The summed E-state index contributed by atoms with van der Waals surface area (Å²) in [5.74, 6) is 3.01. The van der Waals surface area contributed by atoms with Crippen LogP contribution < -0.4 is 20.1 Å². The van der Waals surface area contributed by atoms with E-state index in [1.165, 1.54) is 5.56 Å². The summed E-state index contributed by atoms with van der Waals surface area (Å²) in [7, 11) is 3.32. The van der Waals surface area contributed by atoms with Crippen molar-refractivity contribution in [2.45, 2.75) is 33.6 Å². The highest BCUT2D eigenvalue weighted by Gasteiger charge is 2.04. The quantitative estimate of drug-likeness (QED) is 0.417. The van der Waals surface area contributed by atoms with Gasteiger partial charge in [0, 0.05) is 19.6 Å². The molecule has 0 unspecified atom stereocenters. The maximum absolute atomic E-state index is 5.34. The van der Waals surface area contributed by atoms with Gasteiger partial charge in [0.05, 0.1) is 14.2 Å². The molecule has 1 aromatic carbocycles. The first-order chi connectivity index (χ1) is 11.1. The van der Waals surface area contributed by atoms with Crippen LogP contribution >= 0.6 is 0 Å². The fraction of sp³-hybridized carbons (Fsp3) is 0.611. The molecule has 0 aliphatic carbocycles. The second kappa shape index (κ2) is 10.8. The Labute approximate surface area is 140 Å². The van der Waals surface area contributed by atoms with Crippen LogP contribution in [0.4, 0.5) is 0 Å². The first kappa shape index (κ1) is 19.1. The average molecular weight is 321 g/mol. The maximum atomic E-state index is 5.34. The van der Waals surface area contributed by atoms with Gasteiger partial charge in [0.2, 0.25) is 0 Å². The van der Waals surface area contributed by atoms with Crippen molar-refractivity contribution in [1.82, 2.24) is 10.6 Å². The highest BCUT2D eigenvalue weighted by Crippen LogP contribution is 2.27. The third kappa shape index (κ3) is 7.26. The molecule has 0 aromatic heterocycles. The predicted octanol–water partition coefficient (Wildman–Crippen LogP) is 2.85. The number of hydrogen-bond acceptors (Lipinski definition) is 3. The number of guanidine groups is 1. The standard InChI is InChI=1S/C18H31N3O2/c1-6-19-18(21-13-14(2)3)20-11-7-8-15-9-10-16(22-4)17(12-15)23-5/h9-10,12,14H,6-8,11,13H2,1-5H3,(H2,19,20,21). The molecule has 0 spiro atoms. The molecule has 5 heteroatoms. The van der Waals surface area contributed by atoms with E-state index in [-0.39, 0.29) is 0 Å². The lowest BCUT2D eigenvalue weighted by atomic mass is 10.1. The van der Waals surface area contributed by atoms with Gasteiger partial charge in [-0.25, -0.2) is 0 Å². The van der Waals surface area contributed by atoms with Crippen molar-refractivity contribution in [2.75, 3.05) is 33.9 Å². The summed E-state index contributed by atoms with van der Waals surface area (Å²) in [6.07, 6.45) is 2.01. The molecule has 130 valence electrons. The van der Waals surface area contributed by atoms with E-state index in [1.807, 2.05) is 12.1 Å². The molecule has 1 aromatic rings. The maximum Gasteiger partial charge on any atom is 0.191 e. The van der Waals surface area contributed by atoms with E-state index >= 15 is 0 Å². The lowest BCUT2D eigenvalue weighted by molar-refractivity contribution is 0.354. The Balaban J connectivity index is 2.45. The molecular weight excluding hydrogens is 290 g/mol. The lowest BCUT2D eigenvalue weighted by Crippen LogP contribution is -2.38. The van der Waals surface area contributed by atoms with Crippen molar-refractivity contribution in [2.24, 2.45) is 10.9 Å². The number of nitrogens with zero attached hydrogens (tertiary/aromatic N) is 1. The number of nitrogens with one attached hydrogen (secondary N) is 2.